The van der Waals surface area contributed by atoms with E-state index in [9.17, 15) is 13.2 Å². The zero-order chi connectivity index (χ0) is 20.3. The van der Waals surface area contributed by atoms with Crippen LogP contribution in [0.2, 0.25) is 0 Å². The van der Waals surface area contributed by atoms with Gasteiger partial charge in [-0.3, -0.25) is 0 Å². The number of sulfonamides is 1. The maximum atomic E-state index is 12.8. The third kappa shape index (κ3) is 4.05. The van der Waals surface area contributed by atoms with Crippen LogP contribution in [0.1, 0.15) is 12.0 Å². The van der Waals surface area contributed by atoms with E-state index in [-0.39, 0.29) is 10.6 Å². The fraction of sp³-hybridized carbons (Fsp3) is 0.316. The summed E-state index contributed by atoms with van der Waals surface area (Å²) in [5.74, 6) is 1.30. The van der Waals surface area contributed by atoms with E-state index in [1.807, 2.05) is 18.2 Å². The molecule has 1 heterocycles. The molecule has 0 saturated heterocycles. The number of benzene rings is 2. The van der Waals surface area contributed by atoms with E-state index in [0.29, 0.717) is 41.9 Å². The molecule has 3 rings (SSSR count). The van der Waals surface area contributed by atoms with E-state index in [0.717, 1.165) is 5.56 Å². The van der Waals surface area contributed by atoms with Crippen molar-refractivity contribution in [3.63, 3.8) is 0 Å². The van der Waals surface area contributed by atoms with Gasteiger partial charge in [0, 0.05) is 13.6 Å². The smallest absolute Gasteiger partial charge is 0.323 e. The number of methoxy groups -OCH3 is 2. The largest absolute Gasteiger partial charge is 0.493 e. The lowest BCUT2D eigenvalue weighted by molar-refractivity contribution is 0.354. The highest BCUT2D eigenvalue weighted by Crippen LogP contribution is 2.28. The Labute approximate surface area is 163 Å². The summed E-state index contributed by atoms with van der Waals surface area (Å²) >= 11 is 0. The molecule has 0 aliphatic heterocycles. The Morgan fingerprint density at radius 2 is 1.68 bits per heavy atom. The van der Waals surface area contributed by atoms with Gasteiger partial charge in [-0.2, -0.15) is 0 Å². The first-order valence-electron chi connectivity index (χ1n) is 8.74. The molecule has 2 aromatic carbocycles. The lowest BCUT2D eigenvalue weighted by Gasteiger charge is -2.17. The van der Waals surface area contributed by atoms with Crippen molar-refractivity contribution in [3.8, 4) is 11.5 Å². The van der Waals surface area contributed by atoms with Crippen LogP contribution in [0, 0.1) is 0 Å². The third-order valence-electron chi connectivity index (χ3n) is 4.58. The fourth-order valence-corrected chi connectivity index (χ4v) is 4.25. The molecule has 0 bridgehead atoms. The van der Waals surface area contributed by atoms with Gasteiger partial charge in [-0.1, -0.05) is 6.07 Å². The average Bonchev–Trinajstić information content (AvgIpc) is 3.06. The third-order valence-corrected chi connectivity index (χ3v) is 6.43. The Bertz CT molecular complexity index is 1130. The lowest BCUT2D eigenvalue weighted by atomic mass is 10.1. The molecule has 1 aromatic heterocycles. The summed E-state index contributed by atoms with van der Waals surface area (Å²) in [7, 11) is 1.06. The van der Waals surface area contributed by atoms with E-state index in [2.05, 4.69) is 9.97 Å². The quantitative estimate of drug-likeness (QED) is 0.597. The molecular formula is C19H23N3O5S. The Morgan fingerprint density at radius 1 is 0.964 bits per heavy atom. The minimum Gasteiger partial charge on any atom is -0.493 e. The molecule has 0 spiro atoms. The van der Waals surface area contributed by atoms with Gasteiger partial charge in [0.25, 0.3) is 0 Å². The maximum absolute atomic E-state index is 12.8. The number of nitrogens with zero attached hydrogens (tertiary/aromatic N) is 1. The van der Waals surface area contributed by atoms with Gasteiger partial charge in [-0.15, -0.1) is 0 Å². The van der Waals surface area contributed by atoms with Gasteiger partial charge in [0.05, 0.1) is 30.1 Å². The number of ether oxygens (including phenoxy) is 2. The van der Waals surface area contributed by atoms with Crippen LogP contribution >= 0.6 is 0 Å². The topological polar surface area (TPSA) is 104 Å². The number of fused-ring (bicyclic) bond motifs is 1. The first kappa shape index (κ1) is 20.0. The molecule has 0 radical (unpaired) electrons. The lowest BCUT2D eigenvalue weighted by Crippen LogP contribution is -2.28. The maximum Gasteiger partial charge on any atom is 0.323 e. The molecular weight excluding hydrogens is 382 g/mol. The number of hydrogen-bond acceptors (Lipinski definition) is 5. The number of rotatable bonds is 8. The van der Waals surface area contributed by atoms with Crippen LogP contribution in [0.4, 0.5) is 0 Å². The fourth-order valence-electron chi connectivity index (χ4n) is 3.01. The minimum atomic E-state index is -3.65. The standard InChI is InChI=1S/C19H23N3O5S/c1-22(10-4-5-13-6-9-17(26-2)18(11-13)27-3)28(24,25)14-7-8-15-16(12-14)21-19(23)20-15/h6-9,11-12H,4-5,10H2,1-3H3,(H2,20,21,23). The second-order valence-corrected chi connectivity index (χ2v) is 8.45. The van der Waals surface area contributed by atoms with Crippen molar-refractivity contribution >= 4 is 21.1 Å². The number of nitrogens with one attached hydrogen (secondary N) is 2. The molecule has 0 aliphatic rings. The predicted molar refractivity (Wildman–Crippen MR) is 107 cm³/mol. The zero-order valence-corrected chi connectivity index (χ0v) is 16.8. The average molecular weight is 405 g/mol. The number of aromatic amines is 2. The highest BCUT2D eigenvalue weighted by Gasteiger charge is 2.21. The van der Waals surface area contributed by atoms with E-state index in [1.165, 1.54) is 16.4 Å². The summed E-state index contributed by atoms with van der Waals surface area (Å²) in [4.78, 5) is 16.7. The van der Waals surface area contributed by atoms with Crippen LogP contribution in [-0.2, 0) is 16.4 Å². The van der Waals surface area contributed by atoms with Crippen molar-refractivity contribution in [2.75, 3.05) is 27.8 Å². The van der Waals surface area contributed by atoms with Gasteiger partial charge in [0.2, 0.25) is 10.0 Å². The van der Waals surface area contributed by atoms with Gasteiger partial charge in [0.15, 0.2) is 11.5 Å². The van der Waals surface area contributed by atoms with Crippen molar-refractivity contribution in [3.05, 3.63) is 52.4 Å². The van der Waals surface area contributed by atoms with Crippen molar-refractivity contribution < 1.29 is 17.9 Å². The summed E-state index contributed by atoms with van der Waals surface area (Å²) in [5, 5.41) is 0. The molecule has 8 nitrogen and oxygen atoms in total. The van der Waals surface area contributed by atoms with E-state index >= 15 is 0 Å². The Kier molecular flexibility index (Phi) is 5.76. The van der Waals surface area contributed by atoms with Crippen molar-refractivity contribution in [1.82, 2.24) is 14.3 Å². The van der Waals surface area contributed by atoms with Gasteiger partial charge in [-0.25, -0.2) is 17.5 Å². The molecule has 3 aromatic rings. The van der Waals surface area contributed by atoms with Crippen LogP contribution in [0.3, 0.4) is 0 Å². The highest BCUT2D eigenvalue weighted by molar-refractivity contribution is 7.89. The summed E-state index contributed by atoms with van der Waals surface area (Å²) in [6, 6.07) is 10.2. The number of hydrogen-bond donors (Lipinski definition) is 2. The predicted octanol–water partition coefficient (Wildman–Crippen LogP) is 2.13. The normalized spacial score (nSPS) is 11.9. The molecule has 9 heteroatoms. The monoisotopic (exact) mass is 405 g/mol. The van der Waals surface area contributed by atoms with Crippen LogP contribution in [0.15, 0.2) is 46.1 Å². The number of imidazole rings is 1. The first-order valence-corrected chi connectivity index (χ1v) is 10.2. The van der Waals surface area contributed by atoms with Gasteiger partial charge < -0.3 is 19.4 Å². The molecule has 0 fully saturated rings. The Morgan fingerprint density at radius 3 is 2.39 bits per heavy atom. The van der Waals surface area contributed by atoms with Crippen molar-refractivity contribution in [2.24, 2.45) is 0 Å². The number of aryl methyl sites for hydroxylation is 1. The second kappa shape index (κ2) is 8.07. The minimum absolute atomic E-state index is 0.142. The summed E-state index contributed by atoms with van der Waals surface area (Å²) in [5.41, 5.74) is 1.70. The first-order chi connectivity index (χ1) is 13.3. The van der Waals surface area contributed by atoms with E-state index in [4.69, 9.17) is 9.47 Å². The molecule has 0 unspecified atom stereocenters. The summed E-state index contributed by atoms with van der Waals surface area (Å²) < 4.78 is 37.4. The van der Waals surface area contributed by atoms with Crippen LogP contribution in [-0.4, -0.2) is 50.5 Å². The molecule has 0 atom stereocenters. The molecule has 0 aliphatic carbocycles. The molecule has 2 N–H and O–H groups in total. The van der Waals surface area contributed by atoms with Crippen molar-refractivity contribution in [1.29, 1.82) is 0 Å². The number of H-pyrrole nitrogens is 2. The van der Waals surface area contributed by atoms with E-state index < -0.39 is 10.0 Å². The summed E-state index contributed by atoms with van der Waals surface area (Å²) in [6.07, 6.45) is 1.35. The Hall–Kier alpha value is -2.78. The molecule has 0 saturated carbocycles. The van der Waals surface area contributed by atoms with Gasteiger partial charge in [-0.05, 0) is 48.7 Å². The van der Waals surface area contributed by atoms with Crippen molar-refractivity contribution in [2.45, 2.75) is 17.7 Å². The van der Waals surface area contributed by atoms with Crippen LogP contribution < -0.4 is 15.2 Å². The SMILES string of the molecule is COc1ccc(CCCN(C)S(=O)(=O)c2ccc3[nH]c(=O)[nH]c3c2)cc1OC. The summed E-state index contributed by atoms with van der Waals surface area (Å²) in [6.45, 7) is 0.359. The number of aromatic nitrogens is 2. The zero-order valence-electron chi connectivity index (χ0n) is 16.0. The highest BCUT2D eigenvalue weighted by atomic mass is 32.2. The molecule has 0 amide bonds. The van der Waals surface area contributed by atoms with Crippen LogP contribution in [0.5, 0.6) is 11.5 Å². The Balaban J connectivity index is 1.67. The van der Waals surface area contributed by atoms with Gasteiger partial charge >= 0.3 is 5.69 Å². The van der Waals surface area contributed by atoms with Gasteiger partial charge in [0.1, 0.15) is 0 Å². The van der Waals surface area contributed by atoms with E-state index in [1.54, 1.807) is 27.3 Å². The molecule has 28 heavy (non-hydrogen) atoms. The second-order valence-electron chi connectivity index (χ2n) is 6.41. The molecule has 150 valence electrons. The van der Waals surface area contributed by atoms with Crippen LogP contribution in [0.25, 0.3) is 11.0 Å².